The minimum Gasteiger partial charge on any atom is -0.459 e. The van der Waals surface area contributed by atoms with Gasteiger partial charge in [-0.15, -0.1) is 0 Å². The molecular formula is C30H32O5. The lowest BCUT2D eigenvalue weighted by Gasteiger charge is -2.48. The summed E-state index contributed by atoms with van der Waals surface area (Å²) >= 11 is 0. The van der Waals surface area contributed by atoms with E-state index in [-0.39, 0.29) is 11.9 Å². The Kier molecular flexibility index (Phi) is 6.14. The van der Waals surface area contributed by atoms with Gasteiger partial charge in [-0.2, -0.15) is 0 Å². The SMILES string of the molecule is CCC(=O)OC1CC2(c3ccccc3)OC1(C)C1CCC(C)=C1C2OC(=O)/C=C/c1ccccc1. The fourth-order valence-electron chi connectivity index (χ4n) is 6.14. The van der Waals surface area contributed by atoms with Crippen molar-refractivity contribution in [2.45, 2.75) is 69.9 Å². The molecule has 0 saturated carbocycles. The van der Waals surface area contributed by atoms with E-state index in [4.69, 9.17) is 14.2 Å². The van der Waals surface area contributed by atoms with E-state index in [0.29, 0.717) is 12.8 Å². The summed E-state index contributed by atoms with van der Waals surface area (Å²) in [5.41, 5.74) is 2.60. The van der Waals surface area contributed by atoms with Crippen LogP contribution in [0.15, 0.2) is 77.9 Å². The maximum absolute atomic E-state index is 13.1. The molecule has 2 saturated heterocycles. The highest BCUT2D eigenvalue weighted by molar-refractivity contribution is 5.87. The first-order valence-electron chi connectivity index (χ1n) is 12.5. The third-order valence-electron chi connectivity index (χ3n) is 7.87. The second-order valence-electron chi connectivity index (χ2n) is 9.97. The molecule has 0 amide bonds. The highest BCUT2D eigenvalue weighted by Crippen LogP contribution is 2.62. The first kappa shape index (κ1) is 23.6. The van der Waals surface area contributed by atoms with Crippen molar-refractivity contribution in [2.24, 2.45) is 5.92 Å². The maximum atomic E-state index is 13.1. The lowest BCUT2D eigenvalue weighted by molar-refractivity contribution is -0.214. The number of benzene rings is 2. The Morgan fingerprint density at radius 3 is 2.43 bits per heavy atom. The number of carbonyl (C=O) groups is 2. The van der Waals surface area contributed by atoms with Crippen molar-refractivity contribution in [3.8, 4) is 0 Å². The average molecular weight is 473 g/mol. The molecule has 0 N–H and O–H groups in total. The number of hydrogen-bond donors (Lipinski definition) is 0. The lowest BCUT2D eigenvalue weighted by Crippen LogP contribution is -2.55. The van der Waals surface area contributed by atoms with Crippen LogP contribution in [-0.4, -0.2) is 29.7 Å². The summed E-state index contributed by atoms with van der Waals surface area (Å²) in [4.78, 5) is 25.5. The van der Waals surface area contributed by atoms with Gasteiger partial charge in [-0.3, -0.25) is 4.79 Å². The summed E-state index contributed by atoms with van der Waals surface area (Å²) in [6.45, 7) is 5.98. The highest BCUT2D eigenvalue weighted by atomic mass is 16.6. The number of allylic oxidation sites excluding steroid dienone is 1. The molecule has 3 aliphatic rings. The van der Waals surface area contributed by atoms with Crippen LogP contribution in [0.1, 0.15) is 57.6 Å². The van der Waals surface area contributed by atoms with Crippen molar-refractivity contribution in [3.63, 3.8) is 0 Å². The van der Waals surface area contributed by atoms with E-state index in [9.17, 15) is 9.59 Å². The van der Waals surface area contributed by atoms with Crippen molar-refractivity contribution in [3.05, 3.63) is 89.0 Å². The van der Waals surface area contributed by atoms with Gasteiger partial charge in [0.15, 0.2) is 6.10 Å². The quantitative estimate of drug-likeness (QED) is 0.304. The van der Waals surface area contributed by atoms with Gasteiger partial charge in [0.2, 0.25) is 0 Å². The Morgan fingerprint density at radius 2 is 1.74 bits per heavy atom. The molecule has 2 heterocycles. The van der Waals surface area contributed by atoms with Crippen LogP contribution in [0.3, 0.4) is 0 Å². The zero-order chi connectivity index (χ0) is 24.6. The van der Waals surface area contributed by atoms with E-state index < -0.39 is 29.4 Å². The summed E-state index contributed by atoms with van der Waals surface area (Å²) < 4.78 is 19.2. The molecule has 0 radical (unpaired) electrons. The van der Waals surface area contributed by atoms with Crippen molar-refractivity contribution in [2.75, 3.05) is 0 Å². The van der Waals surface area contributed by atoms with Crippen LogP contribution in [0.25, 0.3) is 6.08 Å². The molecular weight excluding hydrogens is 440 g/mol. The minimum atomic E-state index is -0.928. The summed E-state index contributed by atoms with van der Waals surface area (Å²) in [7, 11) is 0. The van der Waals surface area contributed by atoms with Crippen LogP contribution < -0.4 is 0 Å². The number of rotatable bonds is 6. The number of hydrogen-bond acceptors (Lipinski definition) is 5. The first-order valence-corrected chi connectivity index (χ1v) is 12.5. The van der Waals surface area contributed by atoms with Crippen molar-refractivity contribution in [1.82, 2.24) is 0 Å². The second-order valence-corrected chi connectivity index (χ2v) is 9.97. The first-order chi connectivity index (χ1) is 16.9. The molecule has 1 aliphatic carbocycles. The van der Waals surface area contributed by atoms with Crippen LogP contribution in [0, 0.1) is 5.92 Å². The summed E-state index contributed by atoms with van der Waals surface area (Å²) in [6, 6.07) is 19.6. The van der Waals surface area contributed by atoms with E-state index >= 15 is 0 Å². The fraction of sp³-hybridized carbons (Fsp3) is 0.400. The number of ether oxygens (including phenoxy) is 3. The summed E-state index contributed by atoms with van der Waals surface area (Å²) in [6.07, 6.45) is 4.76. The van der Waals surface area contributed by atoms with Crippen LogP contribution >= 0.6 is 0 Å². The molecule has 5 unspecified atom stereocenters. The second kappa shape index (κ2) is 9.12. The predicted octanol–water partition coefficient (Wildman–Crippen LogP) is 5.75. The van der Waals surface area contributed by atoms with Crippen molar-refractivity contribution in [1.29, 1.82) is 0 Å². The number of esters is 2. The Morgan fingerprint density at radius 1 is 1.06 bits per heavy atom. The molecule has 2 bridgehead atoms. The smallest absolute Gasteiger partial charge is 0.331 e. The molecule has 5 heteroatoms. The molecule has 0 aromatic heterocycles. The number of carbonyl (C=O) groups excluding carboxylic acids is 2. The van der Waals surface area contributed by atoms with Gasteiger partial charge in [-0.05, 0) is 49.5 Å². The maximum Gasteiger partial charge on any atom is 0.331 e. The fourth-order valence-corrected chi connectivity index (χ4v) is 6.14. The molecule has 2 aromatic carbocycles. The normalized spacial score (nSPS) is 31.5. The molecule has 2 aliphatic heterocycles. The monoisotopic (exact) mass is 472 g/mol. The Labute approximate surface area is 206 Å². The van der Waals surface area contributed by atoms with Crippen LogP contribution in [0.5, 0.6) is 0 Å². The molecule has 2 aromatic rings. The van der Waals surface area contributed by atoms with E-state index in [0.717, 1.165) is 29.5 Å². The Bertz CT molecular complexity index is 1170. The van der Waals surface area contributed by atoms with E-state index in [2.05, 4.69) is 13.8 Å². The van der Waals surface area contributed by atoms with Gasteiger partial charge >= 0.3 is 11.9 Å². The lowest BCUT2D eigenvalue weighted by atomic mass is 9.75. The van der Waals surface area contributed by atoms with Crippen LogP contribution in [0.2, 0.25) is 0 Å². The predicted molar refractivity (Wildman–Crippen MR) is 133 cm³/mol. The van der Waals surface area contributed by atoms with Gasteiger partial charge in [0.1, 0.15) is 17.3 Å². The number of fused-ring (bicyclic) bond motifs is 4. The van der Waals surface area contributed by atoms with Gasteiger partial charge in [-0.1, -0.05) is 73.2 Å². The molecule has 2 fully saturated rings. The van der Waals surface area contributed by atoms with Crippen molar-refractivity contribution >= 4 is 18.0 Å². The van der Waals surface area contributed by atoms with Crippen LogP contribution in [-0.2, 0) is 29.4 Å². The van der Waals surface area contributed by atoms with Gasteiger partial charge in [0.25, 0.3) is 0 Å². The molecule has 5 rings (SSSR count). The molecule has 0 spiro atoms. The average Bonchev–Trinajstić information content (AvgIpc) is 3.39. The molecule has 5 atom stereocenters. The van der Waals surface area contributed by atoms with E-state index in [1.54, 1.807) is 13.0 Å². The highest BCUT2D eigenvalue weighted by Gasteiger charge is 2.69. The van der Waals surface area contributed by atoms with E-state index in [1.165, 1.54) is 11.6 Å². The largest absolute Gasteiger partial charge is 0.459 e. The van der Waals surface area contributed by atoms with Gasteiger partial charge in [0, 0.05) is 24.8 Å². The molecule has 5 nitrogen and oxygen atoms in total. The third-order valence-corrected chi connectivity index (χ3v) is 7.87. The van der Waals surface area contributed by atoms with E-state index in [1.807, 2.05) is 60.7 Å². The molecule has 35 heavy (non-hydrogen) atoms. The summed E-state index contributed by atoms with van der Waals surface area (Å²) in [5, 5.41) is 0. The van der Waals surface area contributed by atoms with Gasteiger partial charge in [-0.25, -0.2) is 4.79 Å². The van der Waals surface area contributed by atoms with Crippen molar-refractivity contribution < 1.29 is 23.8 Å². The van der Waals surface area contributed by atoms with Gasteiger partial charge < -0.3 is 14.2 Å². The van der Waals surface area contributed by atoms with Gasteiger partial charge in [0.05, 0.1) is 0 Å². The topological polar surface area (TPSA) is 61.8 Å². The third kappa shape index (κ3) is 4.02. The zero-order valence-electron chi connectivity index (χ0n) is 20.5. The Balaban J connectivity index is 1.56. The van der Waals surface area contributed by atoms with Crippen LogP contribution in [0.4, 0.5) is 0 Å². The Hall–Kier alpha value is -3.18. The molecule has 182 valence electrons. The summed E-state index contributed by atoms with van der Waals surface area (Å²) in [5.74, 6) is -0.635. The zero-order valence-corrected chi connectivity index (χ0v) is 20.5. The standard InChI is InChI=1S/C30H32O5/c1-4-25(31)33-24-19-30(22-13-9-6-10-14-22)28(27-20(2)15-17-23(27)29(24,3)35-30)34-26(32)18-16-21-11-7-5-8-12-21/h5-14,16,18,23-24,28H,4,15,17,19H2,1-3H3/b18-16+. The minimum absolute atomic E-state index is 0.0207.